The fourth-order valence-corrected chi connectivity index (χ4v) is 1.85. The first-order chi connectivity index (χ1) is 9.94. The van der Waals surface area contributed by atoms with E-state index in [-0.39, 0.29) is 11.4 Å². The average Bonchev–Trinajstić information content (AvgIpc) is 2.92. The molecule has 0 bridgehead atoms. The third-order valence-corrected chi connectivity index (χ3v) is 2.89. The number of hydrogen-bond donors (Lipinski definition) is 2. The Bertz CT molecular complexity index is 569. The minimum atomic E-state index is -0.000773. The molecule has 5 heteroatoms. The molecule has 1 aromatic carbocycles. The molecule has 0 aliphatic rings. The number of rotatable bonds is 5. The summed E-state index contributed by atoms with van der Waals surface area (Å²) in [6.07, 6.45) is 3.50. The highest BCUT2D eigenvalue weighted by molar-refractivity contribution is 5.91. The molecule has 0 spiro atoms. The van der Waals surface area contributed by atoms with Crippen molar-refractivity contribution in [3.63, 3.8) is 0 Å². The summed E-state index contributed by atoms with van der Waals surface area (Å²) >= 11 is 0. The number of nitrogens with one attached hydrogen (secondary N) is 2. The number of nitrogens with zero attached hydrogens (tertiary/aromatic N) is 1. The van der Waals surface area contributed by atoms with Crippen LogP contribution >= 0.6 is 0 Å². The number of hydrogen-bond acceptors (Lipinski definition) is 4. The van der Waals surface area contributed by atoms with Crippen LogP contribution in [0.4, 0.5) is 5.69 Å². The molecular weight excluding hydrogens is 266 g/mol. The monoisotopic (exact) mass is 287 g/mol. The second-order valence-electron chi connectivity index (χ2n) is 5.92. The number of benzene rings is 1. The van der Waals surface area contributed by atoms with Gasteiger partial charge in [-0.1, -0.05) is 0 Å². The Hall–Kier alpha value is -2.14. The van der Waals surface area contributed by atoms with Crippen molar-refractivity contribution in [1.82, 2.24) is 10.3 Å². The largest absolute Gasteiger partial charge is 0.444 e. The summed E-state index contributed by atoms with van der Waals surface area (Å²) in [5, 5.41) is 6.16. The average molecular weight is 287 g/mol. The lowest BCUT2D eigenvalue weighted by Gasteiger charge is -2.20. The Labute approximate surface area is 124 Å². The lowest BCUT2D eigenvalue weighted by Crippen LogP contribution is -2.37. The number of anilines is 1. The van der Waals surface area contributed by atoms with E-state index in [0.29, 0.717) is 18.7 Å². The van der Waals surface area contributed by atoms with E-state index < -0.39 is 0 Å². The SMILES string of the molecule is CC(C)(C)NCCC(=O)Nc1ccc(-c2cnco2)cc1. The Morgan fingerprint density at radius 2 is 1.95 bits per heavy atom. The van der Waals surface area contributed by atoms with Gasteiger partial charge in [-0.2, -0.15) is 0 Å². The second kappa shape index (κ2) is 6.54. The molecule has 21 heavy (non-hydrogen) atoms. The Morgan fingerprint density at radius 3 is 2.52 bits per heavy atom. The quantitative estimate of drug-likeness (QED) is 0.887. The standard InChI is InChI=1S/C16H21N3O2/c1-16(2,3)18-9-8-15(20)19-13-6-4-12(5-7-13)14-10-17-11-21-14/h4-7,10-11,18H,8-9H2,1-3H3,(H,19,20). The van der Waals surface area contributed by atoms with Gasteiger partial charge in [0.1, 0.15) is 0 Å². The molecule has 112 valence electrons. The smallest absolute Gasteiger partial charge is 0.225 e. The molecule has 5 nitrogen and oxygen atoms in total. The van der Waals surface area contributed by atoms with E-state index in [0.717, 1.165) is 11.3 Å². The van der Waals surface area contributed by atoms with E-state index >= 15 is 0 Å². The van der Waals surface area contributed by atoms with Crippen molar-refractivity contribution in [3.8, 4) is 11.3 Å². The zero-order chi connectivity index (χ0) is 15.3. The third kappa shape index (κ3) is 5.04. The lowest BCUT2D eigenvalue weighted by molar-refractivity contribution is -0.116. The van der Waals surface area contributed by atoms with Gasteiger partial charge < -0.3 is 15.1 Å². The van der Waals surface area contributed by atoms with Gasteiger partial charge in [0.2, 0.25) is 5.91 Å². The van der Waals surface area contributed by atoms with Crippen molar-refractivity contribution in [1.29, 1.82) is 0 Å². The molecule has 1 aromatic heterocycles. The van der Waals surface area contributed by atoms with Crippen LogP contribution in [0, 0.1) is 0 Å². The van der Waals surface area contributed by atoms with Crippen molar-refractivity contribution in [2.75, 3.05) is 11.9 Å². The number of carbonyl (C=O) groups is 1. The molecule has 1 heterocycles. The van der Waals surface area contributed by atoms with Gasteiger partial charge in [-0.15, -0.1) is 0 Å². The first-order valence-corrected chi connectivity index (χ1v) is 6.98. The van der Waals surface area contributed by atoms with Crippen LogP contribution in [-0.2, 0) is 4.79 Å². The molecule has 0 atom stereocenters. The highest BCUT2D eigenvalue weighted by Gasteiger charge is 2.10. The number of amides is 1. The summed E-state index contributed by atoms with van der Waals surface area (Å²) in [6.45, 7) is 6.89. The fraction of sp³-hybridized carbons (Fsp3) is 0.375. The van der Waals surface area contributed by atoms with Crippen LogP contribution in [0.25, 0.3) is 11.3 Å². The summed E-state index contributed by atoms with van der Waals surface area (Å²) in [7, 11) is 0. The predicted octanol–water partition coefficient (Wildman–Crippen LogP) is 3.06. The minimum absolute atomic E-state index is 0.000773. The summed E-state index contributed by atoms with van der Waals surface area (Å²) in [4.78, 5) is 15.7. The molecule has 0 unspecified atom stereocenters. The lowest BCUT2D eigenvalue weighted by atomic mass is 10.1. The second-order valence-corrected chi connectivity index (χ2v) is 5.92. The van der Waals surface area contributed by atoms with E-state index in [9.17, 15) is 4.79 Å². The van der Waals surface area contributed by atoms with Crippen LogP contribution in [0.1, 0.15) is 27.2 Å². The topological polar surface area (TPSA) is 67.2 Å². The van der Waals surface area contributed by atoms with E-state index in [1.54, 1.807) is 6.20 Å². The van der Waals surface area contributed by atoms with E-state index in [1.165, 1.54) is 6.39 Å². The first-order valence-electron chi connectivity index (χ1n) is 6.98. The van der Waals surface area contributed by atoms with Crippen molar-refractivity contribution >= 4 is 11.6 Å². The molecule has 0 aliphatic carbocycles. The van der Waals surface area contributed by atoms with Crippen molar-refractivity contribution in [2.24, 2.45) is 0 Å². The van der Waals surface area contributed by atoms with Crippen LogP contribution in [0.2, 0.25) is 0 Å². The van der Waals surface area contributed by atoms with E-state index in [2.05, 4.69) is 36.4 Å². The number of carbonyl (C=O) groups excluding carboxylic acids is 1. The Kier molecular flexibility index (Phi) is 4.75. The molecule has 0 fully saturated rings. The minimum Gasteiger partial charge on any atom is -0.444 e. The Balaban J connectivity index is 1.84. The van der Waals surface area contributed by atoms with Gasteiger partial charge in [-0.3, -0.25) is 4.79 Å². The van der Waals surface area contributed by atoms with Crippen LogP contribution in [0.15, 0.2) is 41.3 Å². The van der Waals surface area contributed by atoms with Gasteiger partial charge in [0, 0.05) is 29.8 Å². The maximum atomic E-state index is 11.8. The number of oxazole rings is 1. The van der Waals surface area contributed by atoms with Crippen LogP contribution < -0.4 is 10.6 Å². The van der Waals surface area contributed by atoms with Crippen LogP contribution in [0.5, 0.6) is 0 Å². The van der Waals surface area contributed by atoms with Crippen molar-refractivity contribution in [2.45, 2.75) is 32.7 Å². The highest BCUT2D eigenvalue weighted by Crippen LogP contribution is 2.20. The molecule has 0 saturated heterocycles. The van der Waals surface area contributed by atoms with Gasteiger partial charge in [0.05, 0.1) is 6.20 Å². The maximum Gasteiger partial charge on any atom is 0.225 e. The molecule has 0 aliphatic heterocycles. The van der Waals surface area contributed by atoms with Gasteiger partial charge in [0.15, 0.2) is 12.2 Å². The third-order valence-electron chi connectivity index (χ3n) is 2.89. The van der Waals surface area contributed by atoms with Crippen LogP contribution in [0.3, 0.4) is 0 Å². The molecule has 1 amide bonds. The first kappa shape index (κ1) is 15.3. The highest BCUT2D eigenvalue weighted by atomic mass is 16.3. The summed E-state index contributed by atoms with van der Waals surface area (Å²) in [6, 6.07) is 7.49. The molecule has 2 N–H and O–H groups in total. The normalized spacial score (nSPS) is 11.4. The summed E-state index contributed by atoms with van der Waals surface area (Å²) in [5.41, 5.74) is 1.73. The molecule has 0 radical (unpaired) electrons. The Morgan fingerprint density at radius 1 is 1.24 bits per heavy atom. The van der Waals surface area contributed by atoms with E-state index in [1.807, 2.05) is 24.3 Å². The maximum absolute atomic E-state index is 11.8. The van der Waals surface area contributed by atoms with Gasteiger partial charge in [-0.25, -0.2) is 4.98 Å². The van der Waals surface area contributed by atoms with Crippen molar-refractivity contribution < 1.29 is 9.21 Å². The molecular formula is C16H21N3O2. The van der Waals surface area contributed by atoms with Crippen LogP contribution in [-0.4, -0.2) is 23.0 Å². The molecule has 2 rings (SSSR count). The molecule has 2 aromatic rings. The predicted molar refractivity (Wildman–Crippen MR) is 82.9 cm³/mol. The zero-order valence-corrected chi connectivity index (χ0v) is 12.6. The number of aromatic nitrogens is 1. The van der Waals surface area contributed by atoms with E-state index in [4.69, 9.17) is 4.42 Å². The van der Waals surface area contributed by atoms with Gasteiger partial charge >= 0.3 is 0 Å². The fourth-order valence-electron chi connectivity index (χ4n) is 1.85. The molecule has 0 saturated carbocycles. The van der Waals surface area contributed by atoms with Crippen molar-refractivity contribution in [3.05, 3.63) is 36.9 Å². The van der Waals surface area contributed by atoms with Gasteiger partial charge in [0.25, 0.3) is 0 Å². The summed E-state index contributed by atoms with van der Waals surface area (Å²) in [5.74, 6) is 0.710. The van der Waals surface area contributed by atoms with Gasteiger partial charge in [-0.05, 0) is 45.0 Å². The zero-order valence-electron chi connectivity index (χ0n) is 12.6. The summed E-state index contributed by atoms with van der Waals surface area (Å²) < 4.78 is 5.22.